The largest absolute Gasteiger partial charge is 0.490 e. The van der Waals surface area contributed by atoms with Crippen LogP contribution in [0.3, 0.4) is 0 Å². The first-order valence-electron chi connectivity index (χ1n) is 5.36. The second-order valence-electron chi connectivity index (χ2n) is 3.42. The van der Waals surface area contributed by atoms with E-state index in [0.717, 1.165) is 11.3 Å². The summed E-state index contributed by atoms with van der Waals surface area (Å²) in [5.41, 5.74) is 0.995. The maximum Gasteiger partial charge on any atom is 0.246 e. The second kappa shape index (κ2) is 6.48. The van der Waals surface area contributed by atoms with Gasteiger partial charge in [0.05, 0.1) is 4.92 Å². The Balaban J connectivity index is 2.80. The molecule has 0 saturated heterocycles. The van der Waals surface area contributed by atoms with Gasteiger partial charge in [-0.25, -0.2) is 0 Å². The van der Waals surface area contributed by atoms with E-state index >= 15 is 0 Å². The minimum atomic E-state index is -0.359. The highest BCUT2D eigenvalue weighted by molar-refractivity contribution is 5.52. The van der Waals surface area contributed by atoms with Crippen molar-refractivity contribution in [1.29, 1.82) is 0 Å². The topological polar surface area (TPSA) is 52.4 Å². The number of hydrogen-bond acceptors (Lipinski definition) is 3. The van der Waals surface area contributed by atoms with Gasteiger partial charge in [0.25, 0.3) is 0 Å². The number of benzene rings is 1. The molecule has 1 rings (SSSR count). The van der Waals surface area contributed by atoms with E-state index in [1.54, 1.807) is 43.3 Å². The van der Waals surface area contributed by atoms with Crippen LogP contribution in [-0.2, 0) is 0 Å². The van der Waals surface area contributed by atoms with Crippen molar-refractivity contribution in [3.05, 3.63) is 58.3 Å². The summed E-state index contributed by atoms with van der Waals surface area (Å²) >= 11 is 0. The van der Waals surface area contributed by atoms with E-state index in [2.05, 4.69) is 6.58 Å². The van der Waals surface area contributed by atoms with Gasteiger partial charge >= 0.3 is 0 Å². The van der Waals surface area contributed by atoms with Crippen LogP contribution in [0.25, 0.3) is 6.08 Å². The standard InChI is InChI=1S/C13H15NO3/c1-3-9-17-13-7-5-11(6-8-13)10-12(4-2)14(15)16/h3,5-8,10H,1,4,9H2,2H3. The number of nitro groups is 1. The van der Waals surface area contributed by atoms with Crippen LogP contribution >= 0.6 is 0 Å². The maximum absolute atomic E-state index is 10.6. The molecule has 17 heavy (non-hydrogen) atoms. The molecule has 90 valence electrons. The van der Waals surface area contributed by atoms with Gasteiger partial charge in [0.15, 0.2) is 0 Å². The fourth-order valence-electron chi connectivity index (χ4n) is 1.29. The highest BCUT2D eigenvalue weighted by Crippen LogP contribution is 2.15. The van der Waals surface area contributed by atoms with Gasteiger partial charge in [0.2, 0.25) is 5.70 Å². The molecular formula is C13H15NO3. The average Bonchev–Trinajstić information content (AvgIpc) is 2.34. The molecule has 0 unspecified atom stereocenters. The molecule has 0 N–H and O–H groups in total. The molecule has 0 radical (unpaired) electrons. The summed E-state index contributed by atoms with van der Waals surface area (Å²) < 4.78 is 5.32. The molecule has 0 saturated carbocycles. The van der Waals surface area contributed by atoms with E-state index < -0.39 is 0 Å². The number of allylic oxidation sites excluding steroid dienone is 1. The fraction of sp³-hybridized carbons (Fsp3) is 0.231. The molecule has 4 nitrogen and oxygen atoms in total. The van der Waals surface area contributed by atoms with Gasteiger partial charge < -0.3 is 4.74 Å². The van der Waals surface area contributed by atoms with Gasteiger partial charge in [-0.3, -0.25) is 10.1 Å². The van der Waals surface area contributed by atoms with Gasteiger partial charge in [-0.15, -0.1) is 0 Å². The lowest BCUT2D eigenvalue weighted by Crippen LogP contribution is -1.96. The lowest BCUT2D eigenvalue weighted by Gasteiger charge is -2.02. The molecule has 0 spiro atoms. The third kappa shape index (κ3) is 4.10. The first-order valence-corrected chi connectivity index (χ1v) is 5.36. The predicted molar refractivity (Wildman–Crippen MR) is 67.4 cm³/mol. The van der Waals surface area contributed by atoms with Crippen LogP contribution in [0.5, 0.6) is 5.75 Å². The summed E-state index contributed by atoms with van der Waals surface area (Å²) in [5, 5.41) is 10.6. The van der Waals surface area contributed by atoms with Crippen molar-refractivity contribution in [2.24, 2.45) is 0 Å². The molecule has 0 heterocycles. The van der Waals surface area contributed by atoms with Crippen LogP contribution in [0.15, 0.2) is 42.6 Å². The smallest absolute Gasteiger partial charge is 0.246 e. The molecule has 0 aliphatic heterocycles. The van der Waals surface area contributed by atoms with Crippen molar-refractivity contribution in [3.63, 3.8) is 0 Å². The van der Waals surface area contributed by atoms with Crippen molar-refractivity contribution >= 4 is 6.08 Å². The normalized spacial score (nSPS) is 11.0. The third-order valence-electron chi connectivity index (χ3n) is 2.18. The number of ether oxygens (including phenoxy) is 1. The monoisotopic (exact) mass is 233 g/mol. The van der Waals surface area contributed by atoms with Crippen molar-refractivity contribution in [2.75, 3.05) is 6.61 Å². The Hall–Kier alpha value is -2.10. The van der Waals surface area contributed by atoms with E-state index in [0.29, 0.717) is 13.0 Å². The minimum Gasteiger partial charge on any atom is -0.490 e. The zero-order valence-corrected chi connectivity index (χ0v) is 9.76. The summed E-state index contributed by atoms with van der Waals surface area (Å²) in [5.74, 6) is 0.723. The van der Waals surface area contributed by atoms with Crippen molar-refractivity contribution in [1.82, 2.24) is 0 Å². The van der Waals surface area contributed by atoms with E-state index in [-0.39, 0.29) is 10.6 Å². The van der Waals surface area contributed by atoms with Crippen LogP contribution in [-0.4, -0.2) is 11.5 Å². The number of hydrogen-bond donors (Lipinski definition) is 0. The molecular weight excluding hydrogens is 218 g/mol. The van der Waals surface area contributed by atoms with Crippen LogP contribution in [0.2, 0.25) is 0 Å². The Kier molecular flexibility index (Phi) is 4.94. The summed E-state index contributed by atoms with van der Waals surface area (Å²) in [6, 6.07) is 7.14. The second-order valence-corrected chi connectivity index (χ2v) is 3.42. The minimum absolute atomic E-state index is 0.199. The lowest BCUT2D eigenvalue weighted by molar-refractivity contribution is -0.425. The molecule has 0 aliphatic carbocycles. The maximum atomic E-state index is 10.6. The van der Waals surface area contributed by atoms with E-state index in [1.165, 1.54) is 0 Å². The molecule has 0 bridgehead atoms. The summed E-state index contributed by atoms with van der Waals surface area (Å²) in [6.07, 6.45) is 3.63. The van der Waals surface area contributed by atoms with Gasteiger partial charge in [0, 0.05) is 12.5 Å². The third-order valence-corrected chi connectivity index (χ3v) is 2.18. The van der Waals surface area contributed by atoms with Crippen LogP contribution < -0.4 is 4.74 Å². The molecule has 0 fully saturated rings. The van der Waals surface area contributed by atoms with Crippen molar-refractivity contribution in [3.8, 4) is 5.75 Å². The van der Waals surface area contributed by atoms with Crippen LogP contribution in [0.1, 0.15) is 18.9 Å². The number of nitrogens with zero attached hydrogens (tertiary/aromatic N) is 1. The zero-order chi connectivity index (χ0) is 12.7. The first kappa shape index (κ1) is 13.0. The van der Waals surface area contributed by atoms with Gasteiger partial charge in [-0.2, -0.15) is 0 Å². The SMILES string of the molecule is C=CCOc1ccc(C=C(CC)[N+](=O)[O-])cc1. The summed E-state index contributed by atoms with van der Waals surface area (Å²) in [6.45, 7) is 5.76. The number of rotatable bonds is 6. The molecule has 1 aromatic carbocycles. The summed E-state index contributed by atoms with van der Waals surface area (Å²) in [7, 11) is 0. The Labute approximate surface area is 100 Å². The summed E-state index contributed by atoms with van der Waals surface area (Å²) in [4.78, 5) is 10.3. The van der Waals surface area contributed by atoms with Crippen molar-refractivity contribution in [2.45, 2.75) is 13.3 Å². The van der Waals surface area contributed by atoms with Crippen molar-refractivity contribution < 1.29 is 9.66 Å². The molecule has 0 amide bonds. The molecule has 0 aromatic heterocycles. The van der Waals surface area contributed by atoms with E-state index in [4.69, 9.17) is 4.74 Å². The van der Waals surface area contributed by atoms with E-state index in [9.17, 15) is 10.1 Å². The van der Waals surface area contributed by atoms with Gasteiger partial charge in [-0.1, -0.05) is 31.7 Å². The average molecular weight is 233 g/mol. The first-order chi connectivity index (χ1) is 8.17. The molecule has 0 atom stereocenters. The quantitative estimate of drug-likeness (QED) is 0.430. The van der Waals surface area contributed by atoms with Crippen LogP contribution in [0.4, 0.5) is 0 Å². The Morgan fingerprint density at radius 3 is 2.59 bits per heavy atom. The van der Waals surface area contributed by atoms with Crippen LogP contribution in [0, 0.1) is 10.1 Å². The Morgan fingerprint density at radius 1 is 1.47 bits per heavy atom. The van der Waals surface area contributed by atoms with Gasteiger partial charge in [0.1, 0.15) is 12.4 Å². The molecule has 0 aliphatic rings. The molecule has 4 heteroatoms. The fourth-order valence-corrected chi connectivity index (χ4v) is 1.29. The zero-order valence-electron chi connectivity index (χ0n) is 9.76. The lowest BCUT2D eigenvalue weighted by atomic mass is 10.1. The highest BCUT2D eigenvalue weighted by Gasteiger charge is 2.06. The Bertz CT molecular complexity index is 421. The highest BCUT2D eigenvalue weighted by atomic mass is 16.6. The van der Waals surface area contributed by atoms with E-state index in [1.807, 2.05) is 0 Å². The predicted octanol–water partition coefficient (Wildman–Crippen LogP) is 3.28. The Morgan fingerprint density at radius 2 is 2.12 bits per heavy atom. The molecule has 1 aromatic rings. The van der Waals surface area contributed by atoms with Gasteiger partial charge in [-0.05, 0) is 17.7 Å².